The SMILES string of the molecule is CC1CC(NC2=NCC(C)N2)C1. The molecule has 1 fully saturated rings. The molecule has 2 aliphatic rings. The number of guanidine groups is 1. The normalized spacial score (nSPS) is 39.8. The van der Waals surface area contributed by atoms with Crippen LogP contribution in [0.3, 0.4) is 0 Å². The lowest BCUT2D eigenvalue weighted by molar-refractivity contribution is 0.266. The van der Waals surface area contributed by atoms with Crippen LogP contribution in [0.15, 0.2) is 4.99 Å². The van der Waals surface area contributed by atoms with Crippen molar-refractivity contribution in [3.63, 3.8) is 0 Å². The van der Waals surface area contributed by atoms with Gasteiger partial charge in [-0.15, -0.1) is 0 Å². The predicted molar refractivity (Wildman–Crippen MR) is 50.2 cm³/mol. The minimum Gasteiger partial charge on any atom is -0.354 e. The highest BCUT2D eigenvalue weighted by atomic mass is 15.2. The van der Waals surface area contributed by atoms with Gasteiger partial charge in [0.2, 0.25) is 0 Å². The van der Waals surface area contributed by atoms with Crippen molar-refractivity contribution in [2.75, 3.05) is 6.54 Å². The molecule has 2 N–H and O–H groups in total. The maximum Gasteiger partial charge on any atom is 0.191 e. The fourth-order valence-corrected chi connectivity index (χ4v) is 1.85. The first-order valence-electron chi connectivity index (χ1n) is 4.81. The quantitative estimate of drug-likeness (QED) is 0.604. The van der Waals surface area contributed by atoms with Crippen LogP contribution < -0.4 is 10.6 Å². The van der Waals surface area contributed by atoms with Gasteiger partial charge in [-0.25, -0.2) is 0 Å². The van der Waals surface area contributed by atoms with E-state index in [4.69, 9.17) is 0 Å². The first-order valence-corrected chi connectivity index (χ1v) is 4.81. The molecule has 12 heavy (non-hydrogen) atoms. The van der Waals surface area contributed by atoms with Gasteiger partial charge in [-0.2, -0.15) is 0 Å². The van der Waals surface area contributed by atoms with Crippen LogP contribution in [0.25, 0.3) is 0 Å². The third-order valence-corrected chi connectivity index (χ3v) is 2.62. The Hall–Kier alpha value is -0.730. The smallest absolute Gasteiger partial charge is 0.191 e. The van der Waals surface area contributed by atoms with Crippen LogP contribution in [0.2, 0.25) is 0 Å². The largest absolute Gasteiger partial charge is 0.354 e. The van der Waals surface area contributed by atoms with E-state index >= 15 is 0 Å². The predicted octanol–water partition coefficient (Wildman–Crippen LogP) is 0.722. The van der Waals surface area contributed by atoms with Gasteiger partial charge >= 0.3 is 0 Å². The van der Waals surface area contributed by atoms with E-state index in [0.717, 1.165) is 18.4 Å². The zero-order chi connectivity index (χ0) is 8.55. The van der Waals surface area contributed by atoms with Gasteiger partial charge in [0.1, 0.15) is 0 Å². The van der Waals surface area contributed by atoms with E-state index in [1.165, 1.54) is 12.8 Å². The zero-order valence-electron chi connectivity index (χ0n) is 7.80. The van der Waals surface area contributed by atoms with Gasteiger partial charge < -0.3 is 10.6 Å². The van der Waals surface area contributed by atoms with E-state index in [1.807, 2.05) is 0 Å². The van der Waals surface area contributed by atoms with Crippen molar-refractivity contribution >= 4 is 5.96 Å². The van der Waals surface area contributed by atoms with Gasteiger partial charge in [0.15, 0.2) is 5.96 Å². The van der Waals surface area contributed by atoms with Crippen LogP contribution in [-0.4, -0.2) is 24.6 Å². The number of nitrogens with zero attached hydrogens (tertiary/aromatic N) is 1. The van der Waals surface area contributed by atoms with Crippen LogP contribution in [-0.2, 0) is 0 Å². The van der Waals surface area contributed by atoms with Crippen molar-refractivity contribution in [3.8, 4) is 0 Å². The summed E-state index contributed by atoms with van der Waals surface area (Å²) in [6.07, 6.45) is 2.60. The van der Waals surface area contributed by atoms with Crippen molar-refractivity contribution < 1.29 is 0 Å². The fourth-order valence-electron chi connectivity index (χ4n) is 1.85. The molecule has 1 saturated carbocycles. The summed E-state index contributed by atoms with van der Waals surface area (Å²) in [4.78, 5) is 4.36. The molecule has 1 heterocycles. The van der Waals surface area contributed by atoms with Crippen LogP contribution in [0, 0.1) is 5.92 Å². The van der Waals surface area contributed by atoms with E-state index in [-0.39, 0.29) is 0 Å². The Morgan fingerprint density at radius 1 is 1.42 bits per heavy atom. The highest BCUT2D eigenvalue weighted by Gasteiger charge is 2.27. The second kappa shape index (κ2) is 2.96. The molecule has 0 bridgehead atoms. The highest BCUT2D eigenvalue weighted by Crippen LogP contribution is 2.26. The van der Waals surface area contributed by atoms with Crippen molar-refractivity contribution in [2.24, 2.45) is 10.9 Å². The molecule has 0 aromatic carbocycles. The molecule has 0 aromatic heterocycles. The van der Waals surface area contributed by atoms with Gasteiger partial charge in [0, 0.05) is 12.1 Å². The Morgan fingerprint density at radius 2 is 2.17 bits per heavy atom. The number of hydrogen-bond donors (Lipinski definition) is 2. The van der Waals surface area contributed by atoms with E-state index in [9.17, 15) is 0 Å². The van der Waals surface area contributed by atoms with Gasteiger partial charge in [-0.05, 0) is 25.7 Å². The Labute approximate surface area is 73.6 Å². The molecule has 3 heteroatoms. The first-order chi connectivity index (χ1) is 5.74. The van der Waals surface area contributed by atoms with Crippen molar-refractivity contribution in [1.29, 1.82) is 0 Å². The molecule has 1 atom stereocenters. The first kappa shape index (κ1) is 7.90. The molecule has 3 nitrogen and oxygen atoms in total. The Kier molecular flexibility index (Phi) is 1.95. The lowest BCUT2D eigenvalue weighted by Crippen LogP contribution is -2.48. The van der Waals surface area contributed by atoms with Gasteiger partial charge in [-0.3, -0.25) is 4.99 Å². The van der Waals surface area contributed by atoms with Gasteiger partial charge in [-0.1, -0.05) is 6.92 Å². The molecular formula is C9H17N3. The Bertz CT molecular complexity index is 194. The molecule has 2 rings (SSSR count). The molecule has 1 unspecified atom stereocenters. The molecule has 0 spiro atoms. The average molecular weight is 167 g/mol. The van der Waals surface area contributed by atoms with Crippen molar-refractivity contribution in [3.05, 3.63) is 0 Å². The third kappa shape index (κ3) is 1.54. The van der Waals surface area contributed by atoms with E-state index in [0.29, 0.717) is 12.1 Å². The maximum atomic E-state index is 4.36. The Morgan fingerprint density at radius 3 is 2.67 bits per heavy atom. The standard InChI is InChI=1S/C9H17N3/c1-6-3-8(4-6)12-9-10-5-7(2)11-9/h6-8H,3-5H2,1-2H3,(H2,10,11,12). The van der Waals surface area contributed by atoms with E-state index in [1.54, 1.807) is 0 Å². The van der Waals surface area contributed by atoms with Crippen LogP contribution in [0.1, 0.15) is 26.7 Å². The summed E-state index contributed by atoms with van der Waals surface area (Å²) < 4.78 is 0. The molecule has 68 valence electrons. The molecule has 0 aromatic rings. The van der Waals surface area contributed by atoms with E-state index in [2.05, 4.69) is 29.5 Å². The Balaban J connectivity index is 1.74. The molecule has 1 aliphatic heterocycles. The number of aliphatic imine (C=N–C) groups is 1. The lowest BCUT2D eigenvalue weighted by atomic mass is 9.82. The summed E-state index contributed by atoms with van der Waals surface area (Å²) in [5, 5.41) is 6.72. The summed E-state index contributed by atoms with van der Waals surface area (Å²) in [5.41, 5.74) is 0. The van der Waals surface area contributed by atoms with Crippen molar-refractivity contribution in [1.82, 2.24) is 10.6 Å². The summed E-state index contributed by atoms with van der Waals surface area (Å²) in [5.74, 6) is 1.92. The summed E-state index contributed by atoms with van der Waals surface area (Å²) in [6, 6.07) is 1.20. The average Bonchev–Trinajstić information content (AvgIpc) is 2.33. The fraction of sp³-hybridized carbons (Fsp3) is 0.889. The molecule has 0 saturated heterocycles. The van der Waals surface area contributed by atoms with Crippen LogP contribution in [0.4, 0.5) is 0 Å². The van der Waals surface area contributed by atoms with Gasteiger partial charge in [0.25, 0.3) is 0 Å². The number of hydrogen-bond acceptors (Lipinski definition) is 3. The summed E-state index contributed by atoms with van der Waals surface area (Å²) >= 11 is 0. The maximum absolute atomic E-state index is 4.36. The number of nitrogens with one attached hydrogen (secondary N) is 2. The third-order valence-electron chi connectivity index (χ3n) is 2.62. The monoisotopic (exact) mass is 167 g/mol. The molecule has 0 radical (unpaired) electrons. The van der Waals surface area contributed by atoms with Crippen LogP contribution >= 0.6 is 0 Å². The zero-order valence-corrected chi connectivity index (χ0v) is 7.80. The second-order valence-corrected chi connectivity index (χ2v) is 4.15. The number of rotatable bonds is 1. The molecular weight excluding hydrogens is 150 g/mol. The molecule has 1 aliphatic carbocycles. The second-order valence-electron chi connectivity index (χ2n) is 4.15. The van der Waals surface area contributed by atoms with E-state index < -0.39 is 0 Å². The summed E-state index contributed by atoms with van der Waals surface area (Å²) in [7, 11) is 0. The summed E-state index contributed by atoms with van der Waals surface area (Å²) in [6.45, 7) is 5.37. The highest BCUT2D eigenvalue weighted by molar-refractivity contribution is 5.82. The topological polar surface area (TPSA) is 36.4 Å². The van der Waals surface area contributed by atoms with Crippen molar-refractivity contribution in [2.45, 2.75) is 38.8 Å². The van der Waals surface area contributed by atoms with Crippen LogP contribution in [0.5, 0.6) is 0 Å². The lowest BCUT2D eigenvalue weighted by Gasteiger charge is -2.33. The molecule has 0 amide bonds. The minimum atomic E-state index is 0.519. The van der Waals surface area contributed by atoms with Gasteiger partial charge in [0.05, 0.1) is 6.54 Å². The minimum absolute atomic E-state index is 0.519.